The van der Waals surface area contributed by atoms with Gasteiger partial charge in [0.15, 0.2) is 0 Å². The Bertz CT molecular complexity index is 678. The number of rotatable bonds is 0. The molecular formula is C22H33NO2. The highest BCUT2D eigenvalue weighted by atomic mass is 16.7. The number of fused-ring (bicyclic) bond motifs is 6. The maximum atomic E-state index is 11.1. The monoisotopic (exact) mass is 343 g/mol. The standard InChI is InChI=1S/C22H33NO2/c1-13-16-6-5-15-17(20(16,2)11-14-12-23-25-19(13)14)7-9-21(3)18(15)8-10-22(21,4)24/h12,15,17-19,23-24H,5-11H2,1-4H3/t15-,17-,18-,19?,20+,21+,22?/m1/s1. The maximum Gasteiger partial charge on any atom is 0.129 e. The highest BCUT2D eigenvalue weighted by Gasteiger charge is 2.63. The number of hydroxylamine groups is 1. The van der Waals surface area contributed by atoms with Crippen LogP contribution in [0.15, 0.2) is 22.9 Å². The SMILES string of the molecule is CC1=C2CC[C@@H]3[C@@H](CC[C@@]4(C)[C@@H]3CCC4(C)O)[C@@]2(C)CC2=CNOC21. The van der Waals surface area contributed by atoms with Gasteiger partial charge in [-0.2, -0.15) is 0 Å². The lowest BCUT2D eigenvalue weighted by molar-refractivity contribution is -0.117. The molecule has 3 saturated carbocycles. The molecule has 0 aromatic heterocycles. The summed E-state index contributed by atoms with van der Waals surface area (Å²) in [5.41, 5.74) is 7.55. The molecule has 4 aliphatic carbocycles. The van der Waals surface area contributed by atoms with Crippen molar-refractivity contribution < 1.29 is 9.94 Å². The molecule has 3 heteroatoms. The number of hydrogen-bond donors (Lipinski definition) is 2. The minimum atomic E-state index is -0.473. The molecule has 5 rings (SSSR count). The van der Waals surface area contributed by atoms with E-state index in [4.69, 9.17) is 4.84 Å². The number of hydrogen-bond acceptors (Lipinski definition) is 3. The molecule has 3 fully saturated rings. The third-order valence-electron chi connectivity index (χ3n) is 9.44. The summed E-state index contributed by atoms with van der Waals surface area (Å²) < 4.78 is 0. The van der Waals surface area contributed by atoms with Crippen molar-refractivity contribution in [1.29, 1.82) is 0 Å². The maximum absolute atomic E-state index is 11.1. The van der Waals surface area contributed by atoms with Crippen molar-refractivity contribution in [3.63, 3.8) is 0 Å². The van der Waals surface area contributed by atoms with E-state index in [0.717, 1.165) is 24.7 Å². The van der Waals surface area contributed by atoms with Crippen molar-refractivity contribution in [3.05, 3.63) is 22.9 Å². The molecule has 1 heterocycles. The molecule has 0 radical (unpaired) electrons. The third kappa shape index (κ3) is 1.89. The van der Waals surface area contributed by atoms with Crippen LogP contribution in [0.2, 0.25) is 0 Å². The molecule has 0 amide bonds. The first kappa shape index (κ1) is 16.4. The Morgan fingerprint density at radius 1 is 1.12 bits per heavy atom. The Morgan fingerprint density at radius 3 is 2.68 bits per heavy atom. The Morgan fingerprint density at radius 2 is 1.88 bits per heavy atom. The molecule has 1 aliphatic heterocycles. The van der Waals surface area contributed by atoms with Crippen LogP contribution >= 0.6 is 0 Å². The second kappa shape index (κ2) is 4.92. The van der Waals surface area contributed by atoms with Crippen LogP contribution in [-0.2, 0) is 4.84 Å². The Kier molecular flexibility index (Phi) is 3.22. The van der Waals surface area contributed by atoms with Gasteiger partial charge >= 0.3 is 0 Å². The summed E-state index contributed by atoms with van der Waals surface area (Å²) in [5.74, 6) is 2.24. The normalized spacial score (nSPS) is 54.2. The fourth-order valence-corrected chi connectivity index (χ4v) is 7.85. The van der Waals surface area contributed by atoms with Crippen molar-refractivity contribution in [2.24, 2.45) is 28.6 Å². The summed E-state index contributed by atoms with van der Waals surface area (Å²) in [6.45, 7) is 9.32. The quantitative estimate of drug-likeness (QED) is 0.637. The lowest BCUT2D eigenvalue weighted by atomic mass is 9.45. The molecule has 25 heavy (non-hydrogen) atoms. The van der Waals surface area contributed by atoms with Gasteiger partial charge in [0.1, 0.15) is 6.10 Å². The number of aliphatic hydroxyl groups is 1. The summed E-state index contributed by atoms with van der Waals surface area (Å²) in [7, 11) is 0. The fraction of sp³-hybridized carbons (Fsp3) is 0.818. The first-order valence-electron chi connectivity index (χ1n) is 10.3. The van der Waals surface area contributed by atoms with E-state index in [0.29, 0.717) is 11.3 Å². The van der Waals surface area contributed by atoms with Crippen molar-refractivity contribution in [1.82, 2.24) is 5.48 Å². The second-order valence-electron chi connectivity index (χ2n) is 10.3. The molecule has 7 atom stereocenters. The zero-order valence-electron chi connectivity index (χ0n) is 16.2. The first-order chi connectivity index (χ1) is 11.8. The van der Waals surface area contributed by atoms with Crippen molar-refractivity contribution in [3.8, 4) is 0 Å². The van der Waals surface area contributed by atoms with Crippen LogP contribution < -0.4 is 5.48 Å². The van der Waals surface area contributed by atoms with Crippen LogP contribution in [0.3, 0.4) is 0 Å². The van der Waals surface area contributed by atoms with Gasteiger partial charge in [-0.05, 0) is 98.5 Å². The van der Waals surface area contributed by atoms with Crippen LogP contribution in [0.5, 0.6) is 0 Å². The lowest BCUT2D eigenvalue weighted by Crippen LogP contribution is -2.54. The van der Waals surface area contributed by atoms with Gasteiger partial charge in [-0.15, -0.1) is 0 Å². The van der Waals surface area contributed by atoms with Gasteiger partial charge in [-0.25, -0.2) is 0 Å². The Labute approximate surface area is 151 Å². The van der Waals surface area contributed by atoms with Gasteiger partial charge in [0.25, 0.3) is 0 Å². The molecule has 2 unspecified atom stereocenters. The third-order valence-corrected chi connectivity index (χ3v) is 9.44. The minimum absolute atomic E-state index is 0.120. The number of allylic oxidation sites excluding steroid dienone is 1. The molecule has 5 aliphatic rings. The Hall–Kier alpha value is -0.800. The molecule has 3 nitrogen and oxygen atoms in total. The minimum Gasteiger partial charge on any atom is -0.390 e. The van der Waals surface area contributed by atoms with Gasteiger partial charge in [-0.3, -0.25) is 10.3 Å². The average Bonchev–Trinajstić information content (AvgIpc) is 3.10. The molecule has 138 valence electrons. The summed E-state index contributed by atoms with van der Waals surface area (Å²) in [6.07, 6.45) is 10.6. The highest BCUT2D eigenvalue weighted by molar-refractivity contribution is 5.40. The van der Waals surface area contributed by atoms with E-state index in [1.165, 1.54) is 43.3 Å². The van der Waals surface area contributed by atoms with Crippen LogP contribution in [0.4, 0.5) is 0 Å². The summed E-state index contributed by atoms with van der Waals surface area (Å²) in [5, 5.41) is 11.1. The van der Waals surface area contributed by atoms with E-state index in [1.54, 1.807) is 5.57 Å². The predicted molar refractivity (Wildman–Crippen MR) is 98.4 cm³/mol. The van der Waals surface area contributed by atoms with E-state index < -0.39 is 5.60 Å². The highest BCUT2D eigenvalue weighted by Crippen LogP contribution is 2.68. The largest absolute Gasteiger partial charge is 0.390 e. The van der Waals surface area contributed by atoms with Crippen LogP contribution in [0.25, 0.3) is 0 Å². The summed E-state index contributed by atoms with van der Waals surface area (Å²) in [4.78, 5) is 5.78. The van der Waals surface area contributed by atoms with E-state index in [1.807, 2.05) is 0 Å². The summed E-state index contributed by atoms with van der Waals surface area (Å²) >= 11 is 0. The van der Waals surface area contributed by atoms with Crippen molar-refractivity contribution in [2.75, 3.05) is 0 Å². The van der Waals surface area contributed by atoms with Crippen molar-refractivity contribution >= 4 is 0 Å². The molecule has 0 saturated heterocycles. The zero-order chi connectivity index (χ0) is 17.6. The van der Waals surface area contributed by atoms with Crippen LogP contribution in [0, 0.1) is 28.6 Å². The molecule has 0 aromatic carbocycles. The molecule has 0 aromatic rings. The summed E-state index contributed by atoms with van der Waals surface area (Å²) in [6, 6.07) is 0. The zero-order valence-corrected chi connectivity index (χ0v) is 16.2. The van der Waals surface area contributed by atoms with E-state index >= 15 is 0 Å². The number of nitrogens with one attached hydrogen (secondary N) is 1. The topological polar surface area (TPSA) is 41.5 Å². The first-order valence-corrected chi connectivity index (χ1v) is 10.3. The molecule has 2 N–H and O–H groups in total. The Balaban J connectivity index is 1.55. The van der Waals surface area contributed by atoms with Crippen LogP contribution in [-0.4, -0.2) is 16.8 Å². The smallest absolute Gasteiger partial charge is 0.129 e. The van der Waals surface area contributed by atoms with Crippen molar-refractivity contribution in [2.45, 2.75) is 84.3 Å². The average molecular weight is 344 g/mol. The molecule has 0 spiro atoms. The second-order valence-corrected chi connectivity index (χ2v) is 10.3. The van der Waals surface area contributed by atoms with Gasteiger partial charge < -0.3 is 5.11 Å². The van der Waals surface area contributed by atoms with Gasteiger partial charge in [-0.1, -0.05) is 19.4 Å². The van der Waals surface area contributed by atoms with E-state index in [-0.39, 0.29) is 11.5 Å². The van der Waals surface area contributed by atoms with E-state index in [2.05, 4.69) is 39.4 Å². The van der Waals surface area contributed by atoms with Gasteiger partial charge in [0.05, 0.1) is 5.60 Å². The molecule has 0 bridgehead atoms. The lowest BCUT2D eigenvalue weighted by Gasteiger charge is -2.59. The van der Waals surface area contributed by atoms with Gasteiger partial charge in [0.2, 0.25) is 0 Å². The van der Waals surface area contributed by atoms with E-state index in [9.17, 15) is 5.11 Å². The van der Waals surface area contributed by atoms with Gasteiger partial charge in [0, 0.05) is 6.20 Å². The van der Waals surface area contributed by atoms with Crippen LogP contribution in [0.1, 0.15) is 72.6 Å². The molecular weight excluding hydrogens is 310 g/mol. The predicted octanol–water partition coefficient (Wildman–Crippen LogP) is 4.49. The fourth-order valence-electron chi connectivity index (χ4n) is 7.85.